The maximum absolute atomic E-state index is 12.8. The van der Waals surface area contributed by atoms with E-state index in [4.69, 9.17) is 18.9 Å². The molecule has 2 aliphatic heterocycles. The van der Waals surface area contributed by atoms with Gasteiger partial charge in [0.25, 0.3) is 0 Å². The van der Waals surface area contributed by atoms with Crippen molar-refractivity contribution in [1.29, 1.82) is 0 Å². The summed E-state index contributed by atoms with van der Waals surface area (Å²) in [5.74, 6) is -0.00449. The van der Waals surface area contributed by atoms with Gasteiger partial charge in [-0.05, 0) is 42.8 Å². The molecule has 2 aromatic rings. The molecule has 142 valence electrons. The highest BCUT2D eigenvalue weighted by molar-refractivity contribution is 6.26. The fraction of sp³-hybridized carbons (Fsp3) is 0.143. The third-order valence-electron chi connectivity index (χ3n) is 4.10. The lowest BCUT2D eigenvalue weighted by Gasteiger charge is -2.08. The van der Waals surface area contributed by atoms with Crippen molar-refractivity contribution < 1.29 is 28.5 Å². The predicted octanol–water partition coefficient (Wildman–Crippen LogP) is 3.24. The molecule has 0 radical (unpaired) electrons. The van der Waals surface area contributed by atoms with Gasteiger partial charge in [0.05, 0.1) is 6.61 Å². The van der Waals surface area contributed by atoms with Crippen LogP contribution >= 0.6 is 0 Å². The van der Waals surface area contributed by atoms with Crippen LogP contribution in [0.15, 0.2) is 65.7 Å². The molecular formula is C21H17NO6. The summed E-state index contributed by atoms with van der Waals surface area (Å²) in [6, 6.07) is 14.4. The average Bonchev–Trinajstić information content (AvgIpc) is 3.27. The van der Waals surface area contributed by atoms with Gasteiger partial charge in [-0.3, -0.25) is 4.79 Å². The van der Waals surface area contributed by atoms with Crippen molar-refractivity contribution in [2.45, 2.75) is 6.92 Å². The number of carbonyl (C=O) groups is 2. The first-order valence-corrected chi connectivity index (χ1v) is 8.73. The van der Waals surface area contributed by atoms with Crippen LogP contribution in [0, 0.1) is 0 Å². The standard InChI is InChI=1S/C21H17NO6/c1-2-25-21(24)18-19(23)17(28-20(18)22-14-6-4-3-5-7-14)11-13-8-9-15-16(10-13)27-12-26-15/h3-11,22H,2,12H2,1H3. The zero-order chi connectivity index (χ0) is 19.5. The molecule has 7 nitrogen and oxygen atoms in total. The van der Waals surface area contributed by atoms with Crippen molar-refractivity contribution in [2.24, 2.45) is 0 Å². The quantitative estimate of drug-likeness (QED) is 0.485. The Morgan fingerprint density at radius 3 is 2.71 bits per heavy atom. The lowest BCUT2D eigenvalue weighted by atomic mass is 10.1. The first-order chi connectivity index (χ1) is 13.7. The molecule has 0 unspecified atom stereocenters. The molecular weight excluding hydrogens is 362 g/mol. The van der Waals surface area contributed by atoms with Crippen LogP contribution in [0.3, 0.4) is 0 Å². The van der Waals surface area contributed by atoms with Gasteiger partial charge in [0.1, 0.15) is 0 Å². The first kappa shape index (κ1) is 17.7. The minimum absolute atomic E-state index is 0.0142. The average molecular weight is 379 g/mol. The van der Waals surface area contributed by atoms with Gasteiger partial charge in [-0.15, -0.1) is 0 Å². The predicted molar refractivity (Wildman–Crippen MR) is 100 cm³/mol. The van der Waals surface area contributed by atoms with Crippen molar-refractivity contribution in [3.05, 3.63) is 71.3 Å². The van der Waals surface area contributed by atoms with Crippen LogP contribution in [0.2, 0.25) is 0 Å². The molecule has 0 aliphatic carbocycles. The molecule has 0 saturated carbocycles. The van der Waals surface area contributed by atoms with Gasteiger partial charge >= 0.3 is 5.97 Å². The van der Waals surface area contributed by atoms with Crippen molar-refractivity contribution in [2.75, 3.05) is 18.7 Å². The van der Waals surface area contributed by atoms with Crippen LogP contribution < -0.4 is 14.8 Å². The zero-order valence-electron chi connectivity index (χ0n) is 15.1. The van der Waals surface area contributed by atoms with Gasteiger partial charge < -0.3 is 24.3 Å². The zero-order valence-corrected chi connectivity index (χ0v) is 15.1. The topological polar surface area (TPSA) is 83.1 Å². The fourth-order valence-electron chi connectivity index (χ4n) is 2.81. The summed E-state index contributed by atoms with van der Waals surface area (Å²) in [6.07, 6.45) is 1.54. The number of esters is 1. The Kier molecular flexibility index (Phi) is 4.72. The smallest absolute Gasteiger partial charge is 0.347 e. The van der Waals surface area contributed by atoms with E-state index in [1.807, 2.05) is 18.2 Å². The van der Waals surface area contributed by atoms with Crippen LogP contribution in [0.25, 0.3) is 6.08 Å². The highest BCUT2D eigenvalue weighted by atomic mass is 16.7. The SMILES string of the molecule is CCOC(=O)C1=C(Nc2ccccc2)OC(=Cc2ccc3c(c2)OCO3)C1=O. The van der Waals surface area contributed by atoms with Crippen LogP contribution in [-0.2, 0) is 19.1 Å². The van der Waals surface area contributed by atoms with Crippen LogP contribution in [0.4, 0.5) is 5.69 Å². The van der Waals surface area contributed by atoms with E-state index in [2.05, 4.69) is 5.32 Å². The second kappa shape index (κ2) is 7.48. The van der Waals surface area contributed by atoms with E-state index in [0.29, 0.717) is 22.7 Å². The lowest BCUT2D eigenvalue weighted by Crippen LogP contribution is -2.16. The van der Waals surface area contributed by atoms with Gasteiger partial charge in [0, 0.05) is 5.69 Å². The van der Waals surface area contributed by atoms with Gasteiger partial charge in [-0.2, -0.15) is 0 Å². The molecule has 0 fully saturated rings. The van der Waals surface area contributed by atoms with Gasteiger partial charge in [-0.25, -0.2) is 4.79 Å². The number of hydrogen-bond acceptors (Lipinski definition) is 7. The lowest BCUT2D eigenvalue weighted by molar-refractivity contribution is -0.139. The van der Waals surface area contributed by atoms with E-state index in [-0.39, 0.29) is 30.6 Å². The largest absolute Gasteiger partial charge is 0.462 e. The van der Waals surface area contributed by atoms with Crippen molar-refractivity contribution in [1.82, 2.24) is 0 Å². The molecule has 0 spiro atoms. The summed E-state index contributed by atoms with van der Waals surface area (Å²) in [4.78, 5) is 25.1. The summed E-state index contributed by atoms with van der Waals surface area (Å²) >= 11 is 0. The number of ether oxygens (including phenoxy) is 4. The van der Waals surface area contributed by atoms with Crippen molar-refractivity contribution in [3.63, 3.8) is 0 Å². The number of hydrogen-bond donors (Lipinski definition) is 1. The summed E-state index contributed by atoms with van der Waals surface area (Å²) in [7, 11) is 0. The minimum Gasteiger partial charge on any atom is -0.462 e. The molecule has 2 aromatic carbocycles. The molecule has 0 amide bonds. The Morgan fingerprint density at radius 1 is 1.14 bits per heavy atom. The highest BCUT2D eigenvalue weighted by Gasteiger charge is 2.37. The fourth-order valence-corrected chi connectivity index (χ4v) is 2.81. The number of ketones is 1. The Bertz CT molecular complexity index is 993. The maximum atomic E-state index is 12.8. The number of allylic oxidation sites excluding steroid dienone is 1. The molecule has 0 atom stereocenters. The van der Waals surface area contributed by atoms with Crippen molar-refractivity contribution >= 4 is 23.5 Å². The molecule has 4 rings (SSSR count). The molecule has 1 N–H and O–H groups in total. The number of Topliss-reactive ketones (excluding diaryl/α,β-unsaturated/α-hetero) is 1. The van der Waals surface area contributed by atoms with E-state index in [1.165, 1.54) is 0 Å². The van der Waals surface area contributed by atoms with Crippen LogP contribution in [-0.4, -0.2) is 25.2 Å². The summed E-state index contributed by atoms with van der Waals surface area (Å²) in [5.41, 5.74) is 1.19. The van der Waals surface area contributed by atoms with E-state index in [1.54, 1.807) is 43.3 Å². The Hall–Kier alpha value is -3.74. The Balaban J connectivity index is 1.65. The molecule has 7 heteroatoms. The Morgan fingerprint density at radius 2 is 1.93 bits per heavy atom. The van der Waals surface area contributed by atoms with E-state index in [0.717, 1.165) is 0 Å². The second-order valence-corrected chi connectivity index (χ2v) is 5.97. The number of nitrogens with one attached hydrogen (secondary N) is 1. The third-order valence-corrected chi connectivity index (χ3v) is 4.10. The van der Waals surface area contributed by atoms with E-state index < -0.39 is 11.8 Å². The number of fused-ring (bicyclic) bond motifs is 1. The number of para-hydroxylation sites is 1. The number of carbonyl (C=O) groups excluding carboxylic acids is 2. The number of benzene rings is 2. The molecule has 0 bridgehead atoms. The number of anilines is 1. The van der Waals surface area contributed by atoms with Gasteiger partial charge in [0.15, 0.2) is 22.8 Å². The first-order valence-electron chi connectivity index (χ1n) is 8.73. The second-order valence-electron chi connectivity index (χ2n) is 5.97. The monoisotopic (exact) mass is 379 g/mol. The van der Waals surface area contributed by atoms with Crippen LogP contribution in [0.1, 0.15) is 12.5 Å². The summed E-state index contributed by atoms with van der Waals surface area (Å²) in [6.45, 7) is 1.98. The summed E-state index contributed by atoms with van der Waals surface area (Å²) in [5, 5.41) is 2.97. The molecule has 2 heterocycles. The third kappa shape index (κ3) is 3.42. The minimum atomic E-state index is -0.736. The molecule has 2 aliphatic rings. The van der Waals surface area contributed by atoms with E-state index in [9.17, 15) is 9.59 Å². The van der Waals surface area contributed by atoms with E-state index >= 15 is 0 Å². The summed E-state index contributed by atoms with van der Waals surface area (Å²) < 4.78 is 21.3. The van der Waals surface area contributed by atoms with Crippen LogP contribution in [0.5, 0.6) is 11.5 Å². The van der Waals surface area contributed by atoms with Gasteiger partial charge in [-0.1, -0.05) is 24.3 Å². The number of rotatable bonds is 5. The molecule has 28 heavy (non-hydrogen) atoms. The normalized spacial score (nSPS) is 16.3. The van der Waals surface area contributed by atoms with Crippen molar-refractivity contribution in [3.8, 4) is 11.5 Å². The highest BCUT2D eigenvalue weighted by Crippen LogP contribution is 2.34. The molecule has 0 saturated heterocycles. The molecule has 0 aromatic heterocycles. The maximum Gasteiger partial charge on any atom is 0.347 e. The van der Waals surface area contributed by atoms with Gasteiger partial charge in [0.2, 0.25) is 18.5 Å². The Labute approximate surface area is 161 Å².